The maximum Gasteiger partial charge on any atom is 0.341 e. The van der Waals surface area contributed by atoms with Gasteiger partial charge in [0.2, 0.25) is 5.91 Å². The maximum atomic E-state index is 10.7. The van der Waals surface area contributed by atoms with Crippen molar-refractivity contribution in [3.63, 3.8) is 0 Å². The highest BCUT2D eigenvalue weighted by Gasteiger charge is 2.21. The molecule has 4 N–H and O–H groups in total. The van der Waals surface area contributed by atoms with Crippen molar-refractivity contribution in [2.75, 3.05) is 0 Å². The van der Waals surface area contributed by atoms with Crippen LogP contribution in [0.25, 0.3) is 0 Å². The molecular formula is C13H18N2O7. The van der Waals surface area contributed by atoms with Crippen LogP contribution in [0.2, 0.25) is 0 Å². The molecule has 0 aromatic carbocycles. The summed E-state index contributed by atoms with van der Waals surface area (Å²) in [6.45, 7) is 4.70. The Hall–Kier alpha value is -2.84. The largest absolute Gasteiger partial charge is 0.481 e. The summed E-state index contributed by atoms with van der Waals surface area (Å²) in [5.41, 5.74) is -2.03. The minimum Gasteiger partial charge on any atom is -0.481 e. The van der Waals surface area contributed by atoms with Crippen LogP contribution in [0.5, 0.6) is 0 Å². The Morgan fingerprint density at radius 1 is 1.27 bits per heavy atom. The Kier molecular flexibility index (Phi) is 6.81. The van der Waals surface area contributed by atoms with Crippen LogP contribution in [0, 0.1) is 0 Å². The monoisotopic (exact) mass is 314 g/mol. The van der Waals surface area contributed by atoms with Gasteiger partial charge in [-0.2, -0.15) is 4.73 Å². The van der Waals surface area contributed by atoms with Gasteiger partial charge in [0, 0.05) is 18.7 Å². The molecule has 1 heterocycles. The lowest BCUT2D eigenvalue weighted by Crippen LogP contribution is -2.43. The summed E-state index contributed by atoms with van der Waals surface area (Å²) in [6, 6.07) is 2.39. The Morgan fingerprint density at radius 3 is 2.18 bits per heavy atom. The SMILES string of the molecule is CC(=O)NC(C)(C)CC(=O)O.O=C(O)c1cccn(O)c1=O. The Morgan fingerprint density at radius 2 is 1.82 bits per heavy atom. The van der Waals surface area contributed by atoms with Gasteiger partial charge in [-0.05, 0) is 26.0 Å². The first kappa shape index (κ1) is 19.2. The van der Waals surface area contributed by atoms with E-state index in [1.54, 1.807) is 13.8 Å². The average Bonchev–Trinajstić information content (AvgIpc) is 2.29. The van der Waals surface area contributed by atoms with E-state index in [1.807, 2.05) is 0 Å². The number of carbonyl (C=O) groups excluding carboxylic acids is 1. The Balaban J connectivity index is 0.000000401. The zero-order valence-electron chi connectivity index (χ0n) is 12.4. The molecule has 0 aliphatic heterocycles. The van der Waals surface area contributed by atoms with E-state index in [-0.39, 0.29) is 17.1 Å². The number of aromatic nitrogens is 1. The van der Waals surface area contributed by atoms with Crippen LogP contribution in [0.3, 0.4) is 0 Å². The molecule has 0 aliphatic carbocycles. The van der Waals surface area contributed by atoms with E-state index in [2.05, 4.69) is 5.32 Å². The molecule has 122 valence electrons. The molecule has 0 spiro atoms. The minimum absolute atomic E-state index is 0.0629. The van der Waals surface area contributed by atoms with E-state index in [1.165, 1.54) is 13.0 Å². The van der Waals surface area contributed by atoms with Crippen LogP contribution < -0.4 is 10.9 Å². The highest BCUT2D eigenvalue weighted by molar-refractivity contribution is 5.86. The molecule has 0 saturated carbocycles. The van der Waals surface area contributed by atoms with E-state index in [0.29, 0.717) is 0 Å². The molecule has 9 heteroatoms. The van der Waals surface area contributed by atoms with E-state index < -0.39 is 28.6 Å². The number of rotatable bonds is 4. The summed E-state index contributed by atoms with van der Waals surface area (Å²) < 4.78 is 0.226. The molecule has 9 nitrogen and oxygen atoms in total. The van der Waals surface area contributed by atoms with Crippen LogP contribution in [0.1, 0.15) is 37.6 Å². The molecule has 1 aromatic rings. The van der Waals surface area contributed by atoms with Gasteiger partial charge in [-0.3, -0.25) is 14.4 Å². The van der Waals surface area contributed by atoms with Crippen molar-refractivity contribution >= 4 is 17.8 Å². The van der Waals surface area contributed by atoms with Crippen LogP contribution in [0.4, 0.5) is 0 Å². The van der Waals surface area contributed by atoms with Gasteiger partial charge in [0.05, 0.1) is 6.42 Å². The second-order valence-electron chi connectivity index (χ2n) is 5.01. The number of aliphatic carboxylic acids is 1. The summed E-state index contributed by atoms with van der Waals surface area (Å²) in [5.74, 6) is -2.47. The maximum absolute atomic E-state index is 10.7. The van der Waals surface area contributed by atoms with Gasteiger partial charge in [-0.25, -0.2) is 4.79 Å². The third-order valence-electron chi connectivity index (χ3n) is 2.27. The highest BCUT2D eigenvalue weighted by Crippen LogP contribution is 2.07. The Bertz CT molecular complexity index is 601. The number of nitrogens with zero attached hydrogens (tertiary/aromatic N) is 1. The second kappa shape index (κ2) is 7.81. The van der Waals surface area contributed by atoms with E-state index in [0.717, 1.165) is 12.3 Å². The number of carboxylic acid groups (broad SMARTS) is 2. The standard InChI is InChI=1S/C7H13NO3.C6H5NO4/c1-5(9)8-7(2,3)4-6(10)11;8-5-4(6(9)10)2-1-3-7(5)11/h4H2,1-3H3,(H,8,9)(H,10,11);1-3,11H,(H,9,10). The van der Waals surface area contributed by atoms with Gasteiger partial charge >= 0.3 is 11.9 Å². The molecule has 0 aliphatic rings. The second-order valence-corrected chi connectivity index (χ2v) is 5.01. The van der Waals surface area contributed by atoms with Crippen molar-refractivity contribution in [1.82, 2.24) is 10.0 Å². The fraction of sp³-hybridized carbons (Fsp3) is 0.385. The number of carboxylic acids is 2. The number of amides is 1. The third-order valence-corrected chi connectivity index (χ3v) is 2.27. The van der Waals surface area contributed by atoms with E-state index in [4.69, 9.17) is 15.4 Å². The predicted octanol–water partition coefficient (Wildman–Crippen LogP) is 0.160. The average molecular weight is 314 g/mol. The van der Waals surface area contributed by atoms with Crippen molar-refractivity contribution in [2.24, 2.45) is 0 Å². The third kappa shape index (κ3) is 7.08. The number of carbonyl (C=O) groups is 3. The lowest BCUT2D eigenvalue weighted by atomic mass is 10.0. The van der Waals surface area contributed by atoms with Crippen molar-refractivity contribution in [2.45, 2.75) is 32.7 Å². The number of nitrogens with one attached hydrogen (secondary N) is 1. The number of aromatic carboxylic acids is 1. The molecule has 1 rings (SSSR count). The molecule has 0 radical (unpaired) electrons. The fourth-order valence-electron chi connectivity index (χ4n) is 1.54. The topological polar surface area (TPSA) is 146 Å². The minimum atomic E-state index is -1.35. The summed E-state index contributed by atoms with van der Waals surface area (Å²) in [4.78, 5) is 41.8. The summed E-state index contributed by atoms with van der Waals surface area (Å²) in [5, 5.41) is 28.0. The molecule has 22 heavy (non-hydrogen) atoms. The molecule has 1 aromatic heterocycles. The molecule has 0 bridgehead atoms. The van der Waals surface area contributed by atoms with Crippen molar-refractivity contribution in [3.05, 3.63) is 34.2 Å². The van der Waals surface area contributed by atoms with Crippen molar-refractivity contribution in [1.29, 1.82) is 0 Å². The van der Waals surface area contributed by atoms with Crippen molar-refractivity contribution < 1.29 is 29.8 Å². The van der Waals surface area contributed by atoms with Crippen LogP contribution in [-0.2, 0) is 9.59 Å². The first-order valence-corrected chi connectivity index (χ1v) is 6.11. The van der Waals surface area contributed by atoms with Crippen LogP contribution in [0.15, 0.2) is 23.1 Å². The van der Waals surface area contributed by atoms with Crippen LogP contribution in [-0.4, -0.2) is 43.5 Å². The predicted molar refractivity (Wildman–Crippen MR) is 75.0 cm³/mol. The van der Waals surface area contributed by atoms with Gasteiger partial charge in [0.1, 0.15) is 5.56 Å². The Labute approximate surface area is 125 Å². The number of hydrogen-bond donors (Lipinski definition) is 4. The number of hydrogen-bond acceptors (Lipinski definition) is 5. The van der Waals surface area contributed by atoms with Crippen LogP contribution >= 0.6 is 0 Å². The van der Waals surface area contributed by atoms with Gasteiger partial charge in [-0.1, -0.05) is 0 Å². The molecule has 0 unspecified atom stereocenters. The lowest BCUT2D eigenvalue weighted by molar-refractivity contribution is -0.138. The molecule has 1 amide bonds. The first-order chi connectivity index (χ1) is 9.96. The van der Waals surface area contributed by atoms with Crippen molar-refractivity contribution in [3.8, 4) is 0 Å². The zero-order valence-corrected chi connectivity index (χ0v) is 12.4. The molecule has 0 fully saturated rings. The highest BCUT2D eigenvalue weighted by atomic mass is 16.5. The molecule has 0 atom stereocenters. The first-order valence-electron chi connectivity index (χ1n) is 6.11. The lowest BCUT2D eigenvalue weighted by Gasteiger charge is -2.22. The molecule has 0 saturated heterocycles. The summed E-state index contributed by atoms with van der Waals surface area (Å²) in [6.07, 6.45) is 1.00. The quantitative estimate of drug-likeness (QED) is 0.579. The van der Waals surface area contributed by atoms with Gasteiger partial charge in [0.25, 0.3) is 5.56 Å². The molecular weight excluding hydrogens is 296 g/mol. The van der Waals surface area contributed by atoms with Gasteiger partial charge in [0.15, 0.2) is 0 Å². The summed E-state index contributed by atoms with van der Waals surface area (Å²) in [7, 11) is 0. The van der Waals surface area contributed by atoms with E-state index >= 15 is 0 Å². The van der Waals surface area contributed by atoms with Gasteiger partial charge in [-0.15, -0.1) is 0 Å². The summed E-state index contributed by atoms with van der Waals surface area (Å²) >= 11 is 0. The van der Waals surface area contributed by atoms with Gasteiger partial charge < -0.3 is 20.7 Å². The zero-order chi connectivity index (χ0) is 17.5. The normalized spacial score (nSPS) is 10.1. The fourth-order valence-corrected chi connectivity index (χ4v) is 1.54. The number of pyridine rings is 1. The van der Waals surface area contributed by atoms with E-state index in [9.17, 15) is 19.2 Å². The smallest absolute Gasteiger partial charge is 0.341 e.